The van der Waals surface area contributed by atoms with Crippen LogP contribution in [0.5, 0.6) is 0 Å². The SMILES string of the molecule is COCCN(CCCN)CC(=O)NC(C)COC. The van der Waals surface area contributed by atoms with Gasteiger partial charge in [-0.1, -0.05) is 0 Å². The maximum atomic E-state index is 11.8. The van der Waals surface area contributed by atoms with Crippen LogP contribution in [0.2, 0.25) is 0 Å². The summed E-state index contributed by atoms with van der Waals surface area (Å²) >= 11 is 0. The van der Waals surface area contributed by atoms with E-state index in [4.69, 9.17) is 15.2 Å². The van der Waals surface area contributed by atoms with E-state index in [0.717, 1.165) is 19.5 Å². The van der Waals surface area contributed by atoms with E-state index < -0.39 is 0 Å². The lowest BCUT2D eigenvalue weighted by molar-refractivity contribution is -0.123. The van der Waals surface area contributed by atoms with Crippen molar-refractivity contribution in [2.75, 3.05) is 53.6 Å². The molecule has 0 radical (unpaired) electrons. The normalized spacial score (nSPS) is 12.7. The van der Waals surface area contributed by atoms with Gasteiger partial charge in [-0.05, 0) is 26.4 Å². The van der Waals surface area contributed by atoms with E-state index in [1.807, 2.05) is 11.8 Å². The highest BCUT2D eigenvalue weighted by molar-refractivity contribution is 5.78. The van der Waals surface area contributed by atoms with Crippen molar-refractivity contribution in [2.24, 2.45) is 5.73 Å². The van der Waals surface area contributed by atoms with Gasteiger partial charge in [0.2, 0.25) is 5.91 Å². The number of ether oxygens (including phenoxy) is 2. The molecule has 0 heterocycles. The molecule has 0 aromatic carbocycles. The van der Waals surface area contributed by atoms with Crippen LogP contribution in [0.3, 0.4) is 0 Å². The summed E-state index contributed by atoms with van der Waals surface area (Å²) in [5.41, 5.74) is 5.48. The van der Waals surface area contributed by atoms with Crippen LogP contribution < -0.4 is 11.1 Å². The van der Waals surface area contributed by atoms with Gasteiger partial charge in [-0.2, -0.15) is 0 Å². The molecule has 0 aliphatic carbocycles. The zero-order chi connectivity index (χ0) is 13.8. The van der Waals surface area contributed by atoms with Crippen molar-refractivity contribution in [2.45, 2.75) is 19.4 Å². The average molecular weight is 261 g/mol. The Kier molecular flexibility index (Phi) is 11.0. The number of nitrogens with zero attached hydrogens (tertiary/aromatic N) is 1. The van der Waals surface area contributed by atoms with Crippen LogP contribution in [0.15, 0.2) is 0 Å². The van der Waals surface area contributed by atoms with Gasteiger partial charge in [0.1, 0.15) is 0 Å². The number of carbonyl (C=O) groups is 1. The summed E-state index contributed by atoms with van der Waals surface area (Å²) in [6, 6.07) is 0.0290. The Morgan fingerprint density at radius 3 is 2.61 bits per heavy atom. The lowest BCUT2D eigenvalue weighted by Crippen LogP contribution is -2.43. The molecule has 0 aliphatic rings. The summed E-state index contributed by atoms with van der Waals surface area (Å²) in [4.78, 5) is 13.8. The molecule has 6 nitrogen and oxygen atoms in total. The first kappa shape index (κ1) is 17.3. The van der Waals surface area contributed by atoms with Crippen LogP contribution >= 0.6 is 0 Å². The Morgan fingerprint density at radius 1 is 1.33 bits per heavy atom. The second kappa shape index (κ2) is 11.4. The molecule has 6 heteroatoms. The van der Waals surface area contributed by atoms with Gasteiger partial charge in [0.15, 0.2) is 0 Å². The van der Waals surface area contributed by atoms with E-state index in [-0.39, 0.29) is 11.9 Å². The largest absolute Gasteiger partial charge is 0.383 e. The molecule has 3 N–H and O–H groups in total. The maximum Gasteiger partial charge on any atom is 0.234 e. The number of rotatable bonds is 11. The highest BCUT2D eigenvalue weighted by atomic mass is 16.5. The lowest BCUT2D eigenvalue weighted by atomic mass is 10.3. The highest BCUT2D eigenvalue weighted by Gasteiger charge is 2.12. The monoisotopic (exact) mass is 261 g/mol. The Hall–Kier alpha value is -0.690. The fraction of sp³-hybridized carbons (Fsp3) is 0.917. The minimum atomic E-state index is 0.00711. The fourth-order valence-corrected chi connectivity index (χ4v) is 1.62. The summed E-state index contributed by atoms with van der Waals surface area (Å²) in [5, 5.41) is 2.89. The topological polar surface area (TPSA) is 76.8 Å². The summed E-state index contributed by atoms with van der Waals surface area (Å²) in [5.74, 6) is 0.00711. The van der Waals surface area contributed by atoms with Crippen LogP contribution in [0.25, 0.3) is 0 Å². The fourth-order valence-electron chi connectivity index (χ4n) is 1.62. The van der Waals surface area contributed by atoms with E-state index >= 15 is 0 Å². The molecule has 0 saturated carbocycles. The molecular weight excluding hydrogens is 234 g/mol. The minimum absolute atomic E-state index is 0.00711. The van der Waals surface area contributed by atoms with Crippen LogP contribution in [0.1, 0.15) is 13.3 Å². The molecule has 108 valence electrons. The molecule has 0 aromatic heterocycles. The van der Waals surface area contributed by atoms with E-state index in [1.165, 1.54) is 0 Å². The van der Waals surface area contributed by atoms with Gasteiger partial charge in [0.05, 0.1) is 19.8 Å². The molecule has 0 spiro atoms. The first-order valence-corrected chi connectivity index (χ1v) is 6.33. The van der Waals surface area contributed by atoms with Crippen molar-refractivity contribution in [3.8, 4) is 0 Å². The number of amides is 1. The summed E-state index contributed by atoms with van der Waals surface area (Å²) in [7, 11) is 3.27. The number of nitrogens with two attached hydrogens (primary N) is 1. The Morgan fingerprint density at radius 2 is 2.06 bits per heavy atom. The van der Waals surface area contributed by atoms with Crippen LogP contribution in [0.4, 0.5) is 0 Å². The highest BCUT2D eigenvalue weighted by Crippen LogP contribution is 1.92. The maximum absolute atomic E-state index is 11.8. The Balaban J connectivity index is 3.99. The molecule has 1 atom stereocenters. The van der Waals surface area contributed by atoms with Gasteiger partial charge < -0.3 is 20.5 Å². The van der Waals surface area contributed by atoms with Gasteiger partial charge >= 0.3 is 0 Å². The minimum Gasteiger partial charge on any atom is -0.383 e. The predicted octanol–water partition coefficient (Wildman–Crippen LogP) is -0.565. The molecule has 0 rings (SSSR count). The third kappa shape index (κ3) is 9.35. The van der Waals surface area contributed by atoms with Crippen molar-refractivity contribution in [1.82, 2.24) is 10.2 Å². The van der Waals surface area contributed by atoms with Crippen molar-refractivity contribution in [1.29, 1.82) is 0 Å². The van der Waals surface area contributed by atoms with Crippen LogP contribution in [0, 0.1) is 0 Å². The molecule has 18 heavy (non-hydrogen) atoms. The molecule has 0 aliphatic heterocycles. The van der Waals surface area contributed by atoms with Gasteiger partial charge in [-0.3, -0.25) is 9.69 Å². The van der Waals surface area contributed by atoms with E-state index in [0.29, 0.717) is 26.3 Å². The van der Waals surface area contributed by atoms with Crippen molar-refractivity contribution in [3.05, 3.63) is 0 Å². The predicted molar refractivity (Wildman–Crippen MR) is 71.5 cm³/mol. The molecule has 1 amide bonds. The Labute approximate surface area is 110 Å². The summed E-state index contributed by atoms with van der Waals surface area (Å²) in [6.45, 7) is 5.61. The van der Waals surface area contributed by atoms with Gasteiger partial charge in [0.25, 0.3) is 0 Å². The van der Waals surface area contributed by atoms with Crippen LogP contribution in [-0.4, -0.2) is 70.5 Å². The Bertz CT molecular complexity index is 207. The third-order valence-electron chi connectivity index (χ3n) is 2.48. The van der Waals surface area contributed by atoms with Crippen molar-refractivity contribution < 1.29 is 14.3 Å². The van der Waals surface area contributed by atoms with Gasteiger partial charge in [0, 0.05) is 26.8 Å². The van der Waals surface area contributed by atoms with Gasteiger partial charge in [-0.15, -0.1) is 0 Å². The quantitative estimate of drug-likeness (QED) is 0.521. The molecular formula is C12H27N3O3. The van der Waals surface area contributed by atoms with Crippen molar-refractivity contribution in [3.63, 3.8) is 0 Å². The molecule has 0 aromatic rings. The second-order valence-corrected chi connectivity index (χ2v) is 4.34. The standard InChI is InChI=1S/C12H27N3O3/c1-11(10-18-3)14-12(16)9-15(6-4-5-13)7-8-17-2/h11H,4-10,13H2,1-3H3,(H,14,16). The summed E-state index contributed by atoms with van der Waals surface area (Å²) < 4.78 is 10.0. The first-order valence-electron chi connectivity index (χ1n) is 6.33. The van der Waals surface area contributed by atoms with Gasteiger partial charge in [-0.25, -0.2) is 0 Å². The molecule has 0 bridgehead atoms. The molecule has 0 saturated heterocycles. The number of carbonyl (C=O) groups excluding carboxylic acids is 1. The number of hydrogen-bond donors (Lipinski definition) is 2. The van der Waals surface area contributed by atoms with Crippen LogP contribution in [-0.2, 0) is 14.3 Å². The third-order valence-corrected chi connectivity index (χ3v) is 2.48. The number of nitrogens with one attached hydrogen (secondary N) is 1. The number of hydrogen-bond acceptors (Lipinski definition) is 5. The second-order valence-electron chi connectivity index (χ2n) is 4.34. The molecule has 1 unspecified atom stereocenters. The van der Waals surface area contributed by atoms with E-state index in [2.05, 4.69) is 5.32 Å². The zero-order valence-electron chi connectivity index (χ0n) is 11.8. The smallest absolute Gasteiger partial charge is 0.234 e. The zero-order valence-corrected chi connectivity index (χ0v) is 11.8. The van der Waals surface area contributed by atoms with E-state index in [9.17, 15) is 4.79 Å². The lowest BCUT2D eigenvalue weighted by Gasteiger charge is -2.22. The first-order chi connectivity index (χ1) is 8.63. The summed E-state index contributed by atoms with van der Waals surface area (Å²) in [6.07, 6.45) is 0.880. The molecule has 0 fully saturated rings. The number of methoxy groups -OCH3 is 2. The van der Waals surface area contributed by atoms with E-state index in [1.54, 1.807) is 14.2 Å². The van der Waals surface area contributed by atoms with Crippen molar-refractivity contribution >= 4 is 5.91 Å². The average Bonchev–Trinajstić information content (AvgIpc) is 2.32.